The molecule has 0 saturated heterocycles. The Balaban J connectivity index is 1.42. The smallest absolute Gasteiger partial charge is 0.232 e. The fourth-order valence-corrected chi connectivity index (χ4v) is 4.92. The van der Waals surface area contributed by atoms with Gasteiger partial charge in [-0.1, -0.05) is 60.1 Å². The summed E-state index contributed by atoms with van der Waals surface area (Å²) in [5, 5.41) is 0.674. The molecule has 0 bridgehead atoms. The predicted molar refractivity (Wildman–Crippen MR) is 129 cm³/mol. The number of para-hydroxylation sites is 1. The summed E-state index contributed by atoms with van der Waals surface area (Å²) in [6.07, 6.45) is 2.32. The van der Waals surface area contributed by atoms with Crippen molar-refractivity contribution in [2.24, 2.45) is 0 Å². The number of amides is 1. The highest BCUT2D eigenvalue weighted by Gasteiger charge is 2.39. The van der Waals surface area contributed by atoms with Crippen molar-refractivity contribution >= 4 is 29.0 Å². The third-order valence-corrected chi connectivity index (χ3v) is 6.69. The zero-order chi connectivity index (χ0) is 22.8. The maximum absolute atomic E-state index is 13.2. The van der Waals surface area contributed by atoms with Crippen molar-refractivity contribution in [3.63, 3.8) is 0 Å². The van der Waals surface area contributed by atoms with Gasteiger partial charge < -0.3 is 4.74 Å². The Morgan fingerprint density at radius 2 is 1.61 bits per heavy atom. The maximum atomic E-state index is 13.2. The number of allylic oxidation sites excluding steroid dienone is 2. The minimum Gasteiger partial charge on any atom is -0.489 e. The van der Waals surface area contributed by atoms with E-state index in [-0.39, 0.29) is 24.0 Å². The van der Waals surface area contributed by atoms with E-state index in [9.17, 15) is 9.59 Å². The summed E-state index contributed by atoms with van der Waals surface area (Å²) in [6.45, 7) is 0.376. The lowest BCUT2D eigenvalue weighted by molar-refractivity contribution is -0.119. The van der Waals surface area contributed by atoms with Crippen molar-refractivity contribution in [2.75, 3.05) is 4.90 Å². The first-order valence-corrected chi connectivity index (χ1v) is 11.6. The van der Waals surface area contributed by atoms with Crippen LogP contribution in [0.4, 0.5) is 5.69 Å². The molecule has 3 aromatic carbocycles. The van der Waals surface area contributed by atoms with Crippen LogP contribution in [0, 0.1) is 0 Å². The normalized spacial score (nSPS) is 18.3. The van der Waals surface area contributed by atoms with Crippen LogP contribution < -0.4 is 9.64 Å². The molecule has 2 aliphatic rings. The summed E-state index contributed by atoms with van der Waals surface area (Å²) in [5.41, 5.74) is 4.35. The van der Waals surface area contributed by atoms with E-state index in [0.717, 1.165) is 46.7 Å². The number of hydrogen-bond acceptors (Lipinski definition) is 3. The Morgan fingerprint density at radius 1 is 0.879 bits per heavy atom. The first kappa shape index (κ1) is 21.5. The van der Waals surface area contributed by atoms with Gasteiger partial charge in [-0.2, -0.15) is 0 Å². The van der Waals surface area contributed by atoms with Crippen LogP contribution in [0.3, 0.4) is 0 Å². The van der Waals surface area contributed by atoms with Crippen molar-refractivity contribution in [1.82, 2.24) is 0 Å². The molecule has 3 aromatic rings. The lowest BCUT2D eigenvalue weighted by Gasteiger charge is -2.38. The van der Waals surface area contributed by atoms with Gasteiger partial charge in [-0.05, 0) is 48.7 Å². The van der Waals surface area contributed by atoms with Gasteiger partial charge in [0.1, 0.15) is 12.4 Å². The third kappa shape index (κ3) is 4.31. The summed E-state index contributed by atoms with van der Waals surface area (Å²) in [7, 11) is 0. The number of nitrogens with zero attached hydrogens (tertiary/aromatic N) is 1. The molecule has 1 heterocycles. The zero-order valence-corrected chi connectivity index (χ0v) is 18.9. The minimum atomic E-state index is -0.224. The number of ether oxygens (including phenoxy) is 1. The number of Topliss-reactive ketones (excluding diaryl/α,β-unsaturated/α-hetero) is 1. The molecular formula is C28H24ClNO3. The lowest BCUT2D eigenvalue weighted by atomic mass is 9.77. The summed E-state index contributed by atoms with van der Waals surface area (Å²) < 4.78 is 5.90. The molecule has 0 fully saturated rings. The van der Waals surface area contributed by atoms with Crippen LogP contribution in [0.1, 0.15) is 42.7 Å². The lowest BCUT2D eigenvalue weighted by Crippen LogP contribution is -2.40. The summed E-state index contributed by atoms with van der Waals surface area (Å²) in [4.78, 5) is 28.0. The molecule has 5 rings (SSSR count). The summed E-state index contributed by atoms with van der Waals surface area (Å²) in [6, 6.07) is 24.9. The number of halogens is 1. The quantitative estimate of drug-likeness (QED) is 0.442. The van der Waals surface area contributed by atoms with Crippen LogP contribution in [0.15, 0.2) is 90.1 Å². The van der Waals surface area contributed by atoms with E-state index in [1.807, 2.05) is 78.9 Å². The fraction of sp³-hybridized carbons (Fsp3) is 0.214. The van der Waals surface area contributed by atoms with E-state index in [2.05, 4.69) is 0 Å². The van der Waals surface area contributed by atoms with Crippen LogP contribution in [-0.4, -0.2) is 11.7 Å². The minimum absolute atomic E-state index is 0.0266. The molecule has 1 aliphatic heterocycles. The standard InChI is InChI=1S/C28H24ClNO3/c29-24-10-5-4-7-20(24)18-33-22-15-13-19(14-16-22)23-17-27(32)30(21-8-2-1-3-9-21)25-11-6-12-26(31)28(23)25/h1-5,7-10,13-16,23H,6,11-12,17-18H2. The Bertz CT molecular complexity index is 1220. The Hall–Kier alpha value is -3.37. The molecule has 0 spiro atoms. The van der Waals surface area contributed by atoms with E-state index in [1.54, 1.807) is 4.90 Å². The number of benzene rings is 3. The molecular weight excluding hydrogens is 434 g/mol. The molecule has 5 heteroatoms. The highest BCUT2D eigenvalue weighted by atomic mass is 35.5. The molecule has 33 heavy (non-hydrogen) atoms. The van der Waals surface area contributed by atoms with Crippen molar-refractivity contribution in [3.8, 4) is 5.75 Å². The van der Waals surface area contributed by atoms with E-state index < -0.39 is 0 Å². The van der Waals surface area contributed by atoms with Crippen LogP contribution >= 0.6 is 11.6 Å². The van der Waals surface area contributed by atoms with Gasteiger partial charge in [0.15, 0.2) is 5.78 Å². The fourth-order valence-electron chi connectivity index (χ4n) is 4.73. The topological polar surface area (TPSA) is 46.6 Å². The van der Waals surface area contributed by atoms with Crippen LogP contribution in [0.25, 0.3) is 0 Å². The van der Waals surface area contributed by atoms with E-state index in [4.69, 9.17) is 16.3 Å². The van der Waals surface area contributed by atoms with Crippen molar-refractivity contribution in [2.45, 2.75) is 38.2 Å². The summed E-state index contributed by atoms with van der Waals surface area (Å²) in [5.74, 6) is 0.668. The molecule has 0 N–H and O–H groups in total. The third-order valence-electron chi connectivity index (χ3n) is 6.32. The highest BCUT2D eigenvalue weighted by Crippen LogP contribution is 2.43. The first-order valence-electron chi connectivity index (χ1n) is 11.2. The highest BCUT2D eigenvalue weighted by molar-refractivity contribution is 6.31. The van der Waals surface area contributed by atoms with Crippen LogP contribution in [0.5, 0.6) is 5.75 Å². The molecule has 1 amide bonds. The zero-order valence-electron chi connectivity index (χ0n) is 18.2. The number of carbonyl (C=O) groups excluding carboxylic acids is 2. The largest absolute Gasteiger partial charge is 0.489 e. The van der Waals surface area contributed by atoms with E-state index in [1.165, 1.54) is 0 Å². The second-order valence-corrected chi connectivity index (χ2v) is 8.81. The van der Waals surface area contributed by atoms with Crippen molar-refractivity contribution in [1.29, 1.82) is 0 Å². The number of hydrogen-bond donors (Lipinski definition) is 0. The number of ketones is 1. The monoisotopic (exact) mass is 457 g/mol. The van der Waals surface area contributed by atoms with Gasteiger partial charge >= 0.3 is 0 Å². The van der Waals surface area contributed by atoms with E-state index >= 15 is 0 Å². The van der Waals surface area contributed by atoms with Gasteiger partial charge in [0.05, 0.1) is 0 Å². The Morgan fingerprint density at radius 3 is 2.36 bits per heavy atom. The van der Waals surface area contributed by atoms with Gasteiger partial charge in [-0.25, -0.2) is 0 Å². The summed E-state index contributed by atoms with van der Waals surface area (Å²) >= 11 is 6.21. The second-order valence-electron chi connectivity index (χ2n) is 8.41. The van der Waals surface area contributed by atoms with Crippen molar-refractivity contribution < 1.29 is 14.3 Å². The van der Waals surface area contributed by atoms with Gasteiger partial charge in [0.25, 0.3) is 0 Å². The molecule has 0 saturated carbocycles. The predicted octanol–water partition coefficient (Wildman–Crippen LogP) is 6.45. The molecule has 0 aromatic heterocycles. The Kier molecular flexibility index (Phi) is 6.01. The van der Waals surface area contributed by atoms with Gasteiger partial charge in [0.2, 0.25) is 5.91 Å². The average Bonchev–Trinajstić information content (AvgIpc) is 2.84. The molecule has 0 radical (unpaired) electrons. The number of carbonyl (C=O) groups is 2. The van der Waals surface area contributed by atoms with Gasteiger partial charge in [-0.15, -0.1) is 0 Å². The Labute approximate surface area is 198 Å². The average molecular weight is 458 g/mol. The number of anilines is 1. The van der Waals surface area contributed by atoms with Gasteiger partial charge in [-0.3, -0.25) is 14.5 Å². The van der Waals surface area contributed by atoms with E-state index in [0.29, 0.717) is 18.1 Å². The number of rotatable bonds is 5. The second kappa shape index (κ2) is 9.24. The maximum Gasteiger partial charge on any atom is 0.232 e. The van der Waals surface area contributed by atoms with Crippen LogP contribution in [-0.2, 0) is 16.2 Å². The van der Waals surface area contributed by atoms with Crippen molar-refractivity contribution in [3.05, 3.63) is 106 Å². The molecule has 1 aliphatic carbocycles. The molecule has 1 atom stereocenters. The molecule has 166 valence electrons. The SMILES string of the molecule is O=C1CCCC2=C1C(c1ccc(OCc3ccccc3Cl)cc1)CC(=O)N2c1ccccc1. The van der Waals surface area contributed by atoms with Gasteiger partial charge in [0, 0.05) is 46.3 Å². The molecule has 1 unspecified atom stereocenters. The first-order chi connectivity index (χ1) is 16.1. The molecule has 4 nitrogen and oxygen atoms in total. The van der Waals surface area contributed by atoms with Crippen LogP contribution in [0.2, 0.25) is 5.02 Å².